The Kier molecular flexibility index (Phi) is 4.78. The van der Waals surface area contributed by atoms with Crippen LogP contribution in [0.3, 0.4) is 0 Å². The molecule has 1 N–H and O–H groups in total. The van der Waals surface area contributed by atoms with E-state index in [1.807, 2.05) is 30.3 Å². The first-order valence-electron chi connectivity index (χ1n) is 7.29. The third-order valence-corrected chi connectivity index (χ3v) is 4.20. The van der Waals surface area contributed by atoms with Crippen molar-refractivity contribution in [3.63, 3.8) is 0 Å². The third kappa shape index (κ3) is 3.15. The molecule has 4 heteroatoms. The third-order valence-electron chi connectivity index (χ3n) is 4.20. The summed E-state index contributed by atoms with van der Waals surface area (Å²) in [6.45, 7) is 4.10. The lowest BCUT2D eigenvalue weighted by Gasteiger charge is -2.34. The van der Waals surface area contributed by atoms with Crippen LogP contribution in [-0.4, -0.2) is 34.0 Å². The Morgan fingerprint density at radius 1 is 1.38 bits per heavy atom. The SMILES string of the molecule is C=CCCC1(C(=O)O)CCC(=O)N1CCc1ccccc1. The minimum atomic E-state index is -1.06. The molecule has 1 aromatic carbocycles. The number of aliphatic carboxylic acids is 1. The molecule has 0 radical (unpaired) electrons. The lowest BCUT2D eigenvalue weighted by atomic mass is 9.90. The average molecular weight is 287 g/mol. The molecule has 0 bridgehead atoms. The number of hydrogen-bond donors (Lipinski definition) is 1. The van der Waals surface area contributed by atoms with E-state index in [0.29, 0.717) is 38.6 Å². The Morgan fingerprint density at radius 3 is 2.71 bits per heavy atom. The number of carbonyl (C=O) groups excluding carboxylic acids is 1. The summed E-state index contributed by atoms with van der Waals surface area (Å²) in [5, 5.41) is 9.65. The number of benzene rings is 1. The van der Waals surface area contributed by atoms with Crippen molar-refractivity contribution in [1.29, 1.82) is 0 Å². The van der Waals surface area contributed by atoms with Crippen molar-refractivity contribution in [2.45, 2.75) is 37.6 Å². The maximum atomic E-state index is 12.1. The summed E-state index contributed by atoms with van der Waals surface area (Å²) in [7, 11) is 0. The highest BCUT2D eigenvalue weighted by Crippen LogP contribution is 2.35. The summed E-state index contributed by atoms with van der Waals surface area (Å²) in [6.07, 6.45) is 4.13. The van der Waals surface area contributed by atoms with Crippen LogP contribution in [0, 0.1) is 0 Å². The lowest BCUT2D eigenvalue weighted by Crippen LogP contribution is -2.52. The largest absolute Gasteiger partial charge is 0.479 e. The van der Waals surface area contributed by atoms with Crippen LogP contribution >= 0.6 is 0 Å². The highest BCUT2D eigenvalue weighted by molar-refractivity contribution is 5.91. The van der Waals surface area contributed by atoms with E-state index in [0.717, 1.165) is 5.56 Å². The molecule has 1 aliphatic rings. The second-order valence-electron chi connectivity index (χ2n) is 5.45. The Hall–Kier alpha value is -2.10. The number of hydrogen-bond acceptors (Lipinski definition) is 2. The van der Waals surface area contributed by atoms with E-state index in [9.17, 15) is 14.7 Å². The molecule has 112 valence electrons. The summed E-state index contributed by atoms with van der Waals surface area (Å²) < 4.78 is 0. The molecule has 1 heterocycles. The van der Waals surface area contributed by atoms with E-state index >= 15 is 0 Å². The number of carboxylic acids is 1. The Balaban J connectivity index is 2.14. The number of amides is 1. The van der Waals surface area contributed by atoms with Gasteiger partial charge in [0.1, 0.15) is 5.54 Å². The van der Waals surface area contributed by atoms with Crippen LogP contribution in [0.25, 0.3) is 0 Å². The standard InChI is InChI=1S/C17H21NO3/c1-2-3-11-17(16(20)21)12-9-15(19)18(17)13-10-14-7-5-4-6-8-14/h2,4-8H,1,3,9-13H2,(H,20,21). The van der Waals surface area contributed by atoms with Gasteiger partial charge in [0, 0.05) is 13.0 Å². The molecule has 0 saturated carbocycles. The van der Waals surface area contributed by atoms with Crippen LogP contribution in [0.5, 0.6) is 0 Å². The fraction of sp³-hybridized carbons (Fsp3) is 0.412. The molecular weight excluding hydrogens is 266 g/mol. The molecule has 1 aliphatic heterocycles. The average Bonchev–Trinajstić information content (AvgIpc) is 2.81. The minimum absolute atomic E-state index is 0.0580. The second-order valence-corrected chi connectivity index (χ2v) is 5.45. The number of carbonyl (C=O) groups is 2. The molecule has 1 aromatic rings. The van der Waals surface area contributed by atoms with Crippen LogP contribution in [0.1, 0.15) is 31.2 Å². The van der Waals surface area contributed by atoms with Crippen LogP contribution in [0.4, 0.5) is 0 Å². The van der Waals surface area contributed by atoms with Crippen molar-refractivity contribution in [3.05, 3.63) is 48.6 Å². The van der Waals surface area contributed by atoms with Crippen molar-refractivity contribution in [2.75, 3.05) is 6.54 Å². The quantitative estimate of drug-likeness (QED) is 0.784. The Labute approximate surface area is 125 Å². The summed E-state index contributed by atoms with van der Waals surface area (Å²) in [5.41, 5.74) is 0.0558. The molecule has 1 atom stereocenters. The van der Waals surface area contributed by atoms with E-state index in [1.54, 1.807) is 11.0 Å². The van der Waals surface area contributed by atoms with Gasteiger partial charge in [0.2, 0.25) is 5.91 Å². The molecule has 1 amide bonds. The van der Waals surface area contributed by atoms with E-state index in [4.69, 9.17) is 0 Å². The highest BCUT2D eigenvalue weighted by Gasteiger charge is 2.50. The summed E-state index contributed by atoms with van der Waals surface area (Å²) in [6, 6.07) is 9.82. The van der Waals surface area contributed by atoms with Crippen molar-refractivity contribution < 1.29 is 14.7 Å². The molecule has 0 aliphatic carbocycles. The Morgan fingerprint density at radius 2 is 2.10 bits per heavy atom. The zero-order chi connectivity index (χ0) is 15.3. The van der Waals surface area contributed by atoms with Gasteiger partial charge in [-0.2, -0.15) is 0 Å². The fourth-order valence-electron chi connectivity index (χ4n) is 2.98. The van der Waals surface area contributed by atoms with Gasteiger partial charge in [-0.05, 0) is 31.2 Å². The lowest BCUT2D eigenvalue weighted by molar-refractivity contribution is -0.154. The maximum absolute atomic E-state index is 12.1. The first kappa shape index (κ1) is 15.3. The van der Waals surface area contributed by atoms with Gasteiger partial charge in [-0.1, -0.05) is 36.4 Å². The minimum Gasteiger partial charge on any atom is -0.479 e. The number of nitrogens with zero attached hydrogens (tertiary/aromatic N) is 1. The zero-order valence-corrected chi connectivity index (χ0v) is 12.1. The van der Waals surface area contributed by atoms with Gasteiger partial charge in [-0.15, -0.1) is 6.58 Å². The number of carboxylic acid groups (broad SMARTS) is 1. The van der Waals surface area contributed by atoms with Crippen LogP contribution in [0.15, 0.2) is 43.0 Å². The molecule has 2 rings (SSSR count). The van der Waals surface area contributed by atoms with Crippen molar-refractivity contribution in [1.82, 2.24) is 4.90 Å². The molecule has 0 spiro atoms. The van der Waals surface area contributed by atoms with Gasteiger partial charge in [0.15, 0.2) is 0 Å². The molecule has 1 fully saturated rings. The number of likely N-dealkylation sites (tertiary alicyclic amines) is 1. The van der Waals surface area contributed by atoms with Crippen molar-refractivity contribution >= 4 is 11.9 Å². The zero-order valence-electron chi connectivity index (χ0n) is 12.1. The summed E-state index contributed by atoms with van der Waals surface area (Å²) >= 11 is 0. The molecule has 0 aromatic heterocycles. The molecule has 1 unspecified atom stereocenters. The van der Waals surface area contributed by atoms with Crippen LogP contribution in [-0.2, 0) is 16.0 Å². The van der Waals surface area contributed by atoms with Crippen LogP contribution < -0.4 is 0 Å². The van der Waals surface area contributed by atoms with Crippen molar-refractivity contribution in [2.24, 2.45) is 0 Å². The van der Waals surface area contributed by atoms with E-state index in [-0.39, 0.29) is 5.91 Å². The van der Waals surface area contributed by atoms with E-state index < -0.39 is 11.5 Å². The predicted octanol–water partition coefficient (Wildman–Crippen LogP) is 2.64. The normalized spacial score (nSPS) is 21.5. The predicted molar refractivity (Wildman–Crippen MR) is 80.9 cm³/mol. The maximum Gasteiger partial charge on any atom is 0.329 e. The molecule has 21 heavy (non-hydrogen) atoms. The van der Waals surface area contributed by atoms with Gasteiger partial charge in [-0.3, -0.25) is 4.79 Å². The Bertz CT molecular complexity index is 526. The topological polar surface area (TPSA) is 57.6 Å². The van der Waals surface area contributed by atoms with E-state index in [2.05, 4.69) is 6.58 Å². The van der Waals surface area contributed by atoms with Gasteiger partial charge in [0.25, 0.3) is 0 Å². The van der Waals surface area contributed by atoms with Gasteiger partial charge in [0.05, 0.1) is 0 Å². The second kappa shape index (κ2) is 6.57. The summed E-state index contributed by atoms with van der Waals surface area (Å²) in [4.78, 5) is 25.4. The monoisotopic (exact) mass is 287 g/mol. The molecule has 1 saturated heterocycles. The van der Waals surface area contributed by atoms with Gasteiger partial charge < -0.3 is 10.0 Å². The molecular formula is C17H21NO3. The smallest absolute Gasteiger partial charge is 0.329 e. The number of rotatable bonds is 7. The highest BCUT2D eigenvalue weighted by atomic mass is 16.4. The summed E-state index contributed by atoms with van der Waals surface area (Å²) in [5.74, 6) is -0.958. The van der Waals surface area contributed by atoms with Crippen molar-refractivity contribution in [3.8, 4) is 0 Å². The number of allylic oxidation sites excluding steroid dienone is 1. The fourth-order valence-corrected chi connectivity index (χ4v) is 2.98. The van der Waals surface area contributed by atoms with Gasteiger partial charge in [-0.25, -0.2) is 4.79 Å². The molecule has 4 nitrogen and oxygen atoms in total. The first-order valence-corrected chi connectivity index (χ1v) is 7.29. The van der Waals surface area contributed by atoms with Gasteiger partial charge >= 0.3 is 5.97 Å². The van der Waals surface area contributed by atoms with E-state index in [1.165, 1.54) is 0 Å². The first-order chi connectivity index (χ1) is 10.1. The van der Waals surface area contributed by atoms with Crippen LogP contribution in [0.2, 0.25) is 0 Å².